The molecule has 1 saturated carbocycles. The van der Waals surface area contributed by atoms with E-state index in [1.165, 1.54) is 32.1 Å². The number of rotatable bonds is 6. The smallest absolute Gasteiger partial charge is 0.165 e. The molecule has 1 heterocycles. The average Bonchev–Trinajstić information content (AvgIpc) is 2.76. The quantitative estimate of drug-likeness (QED) is 0.626. The first kappa shape index (κ1) is 14.4. The molecule has 0 aliphatic heterocycles. The number of ether oxygens (including phenoxy) is 1. The highest BCUT2D eigenvalue weighted by molar-refractivity contribution is 4.86. The predicted molar refractivity (Wildman–Crippen MR) is 72.7 cm³/mol. The first-order chi connectivity index (χ1) is 9.33. The number of tetrazole rings is 1. The van der Waals surface area contributed by atoms with Crippen LogP contribution in [0.25, 0.3) is 0 Å². The fourth-order valence-electron chi connectivity index (χ4n) is 2.80. The summed E-state index contributed by atoms with van der Waals surface area (Å²) in [4.78, 5) is 0. The van der Waals surface area contributed by atoms with Crippen LogP contribution in [0.1, 0.15) is 50.9 Å². The van der Waals surface area contributed by atoms with Crippen molar-refractivity contribution in [2.75, 3.05) is 20.3 Å². The lowest BCUT2D eigenvalue weighted by molar-refractivity contribution is 0.198. The third-order valence-electron chi connectivity index (χ3n) is 3.96. The molecule has 0 aromatic carbocycles. The fourth-order valence-corrected chi connectivity index (χ4v) is 2.80. The van der Waals surface area contributed by atoms with E-state index in [0.717, 1.165) is 12.4 Å². The van der Waals surface area contributed by atoms with Gasteiger partial charge < -0.3 is 10.1 Å². The van der Waals surface area contributed by atoms with Crippen LogP contribution in [0, 0.1) is 5.92 Å². The summed E-state index contributed by atoms with van der Waals surface area (Å²) >= 11 is 0. The number of nitrogens with one attached hydrogen (secondary N) is 1. The van der Waals surface area contributed by atoms with Crippen molar-refractivity contribution in [3.8, 4) is 0 Å². The summed E-state index contributed by atoms with van der Waals surface area (Å²) in [5.41, 5.74) is 0. The molecule has 108 valence electrons. The van der Waals surface area contributed by atoms with Crippen molar-refractivity contribution in [2.45, 2.75) is 51.6 Å². The average molecular weight is 267 g/mol. The van der Waals surface area contributed by atoms with Crippen LogP contribution in [-0.2, 0) is 11.3 Å². The Labute approximate surface area is 114 Å². The van der Waals surface area contributed by atoms with E-state index < -0.39 is 0 Å². The Balaban J connectivity index is 1.96. The molecule has 1 fully saturated rings. The molecular formula is C13H25N5O. The molecule has 2 atom stereocenters. The number of aromatic nitrogens is 4. The molecule has 19 heavy (non-hydrogen) atoms. The van der Waals surface area contributed by atoms with Gasteiger partial charge in [0.15, 0.2) is 5.82 Å². The van der Waals surface area contributed by atoms with E-state index in [2.05, 4.69) is 27.8 Å². The summed E-state index contributed by atoms with van der Waals surface area (Å²) in [5, 5.41) is 15.5. The van der Waals surface area contributed by atoms with Crippen LogP contribution in [0.15, 0.2) is 0 Å². The molecule has 1 aliphatic rings. The second-order valence-electron chi connectivity index (χ2n) is 5.39. The summed E-state index contributed by atoms with van der Waals surface area (Å²) in [6.45, 7) is 4.56. The zero-order chi connectivity index (χ0) is 13.5. The van der Waals surface area contributed by atoms with Gasteiger partial charge in [0.1, 0.15) is 0 Å². The van der Waals surface area contributed by atoms with Crippen LogP contribution < -0.4 is 5.32 Å². The van der Waals surface area contributed by atoms with Crippen molar-refractivity contribution < 1.29 is 4.74 Å². The van der Waals surface area contributed by atoms with Crippen LogP contribution in [0.5, 0.6) is 0 Å². The van der Waals surface area contributed by atoms with Crippen LogP contribution in [0.2, 0.25) is 0 Å². The molecule has 0 bridgehead atoms. The van der Waals surface area contributed by atoms with E-state index in [1.807, 2.05) is 4.68 Å². The Morgan fingerprint density at radius 2 is 2.16 bits per heavy atom. The van der Waals surface area contributed by atoms with Gasteiger partial charge in [-0.15, -0.1) is 5.10 Å². The lowest BCUT2D eigenvalue weighted by Crippen LogP contribution is -2.25. The van der Waals surface area contributed by atoms with E-state index in [1.54, 1.807) is 7.11 Å². The maximum Gasteiger partial charge on any atom is 0.165 e. The van der Waals surface area contributed by atoms with Gasteiger partial charge in [0.25, 0.3) is 0 Å². The minimum absolute atomic E-state index is 0.455. The number of hydrogen-bond donors (Lipinski definition) is 1. The topological polar surface area (TPSA) is 64.9 Å². The standard InChI is InChI=1S/C13H25N5O/c1-11-6-4-3-5-7-12(11)18-13(15-16-17-18)10-14-8-9-19-2/h11-12,14H,3-10H2,1-2H3. The number of hydrogen-bond acceptors (Lipinski definition) is 5. The number of methoxy groups -OCH3 is 1. The van der Waals surface area contributed by atoms with Gasteiger partial charge in [0.05, 0.1) is 19.2 Å². The van der Waals surface area contributed by atoms with Gasteiger partial charge >= 0.3 is 0 Å². The summed E-state index contributed by atoms with van der Waals surface area (Å²) in [6, 6.07) is 0.455. The molecule has 6 nitrogen and oxygen atoms in total. The largest absolute Gasteiger partial charge is 0.383 e. The summed E-state index contributed by atoms with van der Waals surface area (Å²) in [5.74, 6) is 1.60. The molecule has 0 radical (unpaired) electrons. The van der Waals surface area contributed by atoms with Gasteiger partial charge in [-0.2, -0.15) is 0 Å². The molecule has 0 saturated heterocycles. The maximum atomic E-state index is 5.02. The Hall–Kier alpha value is -1.01. The van der Waals surface area contributed by atoms with Gasteiger partial charge in [0, 0.05) is 13.7 Å². The first-order valence-corrected chi connectivity index (χ1v) is 7.29. The Bertz CT molecular complexity index is 368. The molecule has 0 spiro atoms. The highest BCUT2D eigenvalue weighted by Crippen LogP contribution is 2.32. The van der Waals surface area contributed by atoms with Gasteiger partial charge in [-0.3, -0.25) is 0 Å². The molecule has 1 aromatic heterocycles. The third kappa shape index (κ3) is 3.98. The highest BCUT2D eigenvalue weighted by Gasteiger charge is 2.24. The molecule has 1 N–H and O–H groups in total. The van der Waals surface area contributed by atoms with E-state index >= 15 is 0 Å². The monoisotopic (exact) mass is 267 g/mol. The van der Waals surface area contributed by atoms with E-state index in [9.17, 15) is 0 Å². The lowest BCUT2D eigenvalue weighted by Gasteiger charge is -2.22. The van der Waals surface area contributed by atoms with Crippen LogP contribution in [0.4, 0.5) is 0 Å². The predicted octanol–water partition coefficient (Wildman–Crippen LogP) is 1.55. The van der Waals surface area contributed by atoms with E-state index in [0.29, 0.717) is 25.1 Å². The minimum atomic E-state index is 0.455. The van der Waals surface area contributed by atoms with Gasteiger partial charge in [0.2, 0.25) is 0 Å². The molecule has 2 unspecified atom stereocenters. The molecular weight excluding hydrogens is 242 g/mol. The first-order valence-electron chi connectivity index (χ1n) is 7.29. The third-order valence-corrected chi connectivity index (χ3v) is 3.96. The second kappa shape index (κ2) is 7.55. The van der Waals surface area contributed by atoms with Crippen molar-refractivity contribution in [1.82, 2.24) is 25.5 Å². The summed E-state index contributed by atoms with van der Waals surface area (Å²) < 4.78 is 7.06. The maximum absolute atomic E-state index is 5.02. The van der Waals surface area contributed by atoms with Crippen LogP contribution in [0.3, 0.4) is 0 Å². The van der Waals surface area contributed by atoms with Crippen molar-refractivity contribution in [1.29, 1.82) is 0 Å². The van der Waals surface area contributed by atoms with Crippen molar-refractivity contribution >= 4 is 0 Å². The summed E-state index contributed by atoms with van der Waals surface area (Å²) in [7, 11) is 1.71. The fraction of sp³-hybridized carbons (Fsp3) is 0.923. The lowest BCUT2D eigenvalue weighted by atomic mass is 9.97. The second-order valence-corrected chi connectivity index (χ2v) is 5.39. The zero-order valence-corrected chi connectivity index (χ0v) is 12.0. The van der Waals surface area contributed by atoms with Crippen molar-refractivity contribution in [3.05, 3.63) is 5.82 Å². The normalized spacial score (nSPS) is 24.3. The molecule has 0 amide bonds. The highest BCUT2D eigenvalue weighted by atomic mass is 16.5. The van der Waals surface area contributed by atoms with Crippen molar-refractivity contribution in [2.24, 2.45) is 5.92 Å². The van der Waals surface area contributed by atoms with Gasteiger partial charge in [-0.05, 0) is 29.2 Å². The SMILES string of the molecule is COCCNCc1nnnn1C1CCCCCC1C. The Kier molecular flexibility index (Phi) is 5.72. The summed E-state index contributed by atoms with van der Waals surface area (Å²) in [6.07, 6.45) is 6.43. The van der Waals surface area contributed by atoms with Crippen molar-refractivity contribution in [3.63, 3.8) is 0 Å². The van der Waals surface area contributed by atoms with Gasteiger partial charge in [-0.1, -0.05) is 26.2 Å². The van der Waals surface area contributed by atoms with E-state index in [4.69, 9.17) is 4.74 Å². The van der Waals surface area contributed by atoms with E-state index in [-0.39, 0.29) is 0 Å². The minimum Gasteiger partial charge on any atom is -0.383 e. The Morgan fingerprint density at radius 1 is 1.32 bits per heavy atom. The zero-order valence-electron chi connectivity index (χ0n) is 12.0. The van der Waals surface area contributed by atoms with Gasteiger partial charge in [-0.25, -0.2) is 4.68 Å². The molecule has 2 rings (SSSR count). The molecule has 1 aromatic rings. The van der Waals surface area contributed by atoms with Crippen LogP contribution in [-0.4, -0.2) is 40.5 Å². The molecule has 6 heteroatoms. The number of nitrogens with zero attached hydrogens (tertiary/aromatic N) is 4. The Morgan fingerprint density at radius 3 is 3.00 bits per heavy atom. The molecule has 1 aliphatic carbocycles. The van der Waals surface area contributed by atoms with Crippen LogP contribution >= 0.6 is 0 Å².